The van der Waals surface area contributed by atoms with Crippen molar-refractivity contribution in [2.24, 2.45) is 0 Å². The van der Waals surface area contributed by atoms with Crippen LogP contribution in [0, 0.1) is 24.0 Å². The maximum atomic E-state index is 12.9. The highest BCUT2D eigenvalue weighted by atomic mass is 32.2. The molecule has 0 radical (unpaired) electrons. The standard InChI is InChI=1S/C21H25N3O5S/c1-14-11-12-17(13-18(14)21(25)22-16-7-4-3-5-8-16)30(28,29)23-19-9-6-10-20(15(19)2)24(26)27/h6,9-13,16,23H,3-5,7-8H2,1-2H3,(H,22,25). The molecule has 0 heterocycles. The Hall–Kier alpha value is -2.94. The molecule has 160 valence electrons. The van der Waals surface area contributed by atoms with Gasteiger partial charge in [0.2, 0.25) is 0 Å². The van der Waals surface area contributed by atoms with E-state index in [4.69, 9.17) is 0 Å². The van der Waals surface area contributed by atoms with Gasteiger partial charge in [0.15, 0.2) is 0 Å². The van der Waals surface area contributed by atoms with Crippen LogP contribution in [0.4, 0.5) is 11.4 Å². The molecule has 0 atom stereocenters. The Kier molecular flexibility index (Phi) is 6.40. The Morgan fingerprint density at radius 2 is 1.80 bits per heavy atom. The number of nitro benzene ring substituents is 1. The second-order valence-corrected chi connectivity index (χ2v) is 9.28. The number of sulfonamides is 1. The third-order valence-corrected chi connectivity index (χ3v) is 6.81. The van der Waals surface area contributed by atoms with E-state index in [9.17, 15) is 23.3 Å². The number of hydrogen-bond donors (Lipinski definition) is 2. The van der Waals surface area contributed by atoms with E-state index in [0.29, 0.717) is 11.1 Å². The highest BCUT2D eigenvalue weighted by Gasteiger charge is 2.23. The number of aryl methyl sites for hydroxylation is 1. The number of nitro groups is 1. The Morgan fingerprint density at radius 3 is 2.47 bits per heavy atom. The van der Waals surface area contributed by atoms with Crippen molar-refractivity contribution in [1.29, 1.82) is 0 Å². The summed E-state index contributed by atoms with van der Waals surface area (Å²) in [5.74, 6) is -0.289. The molecule has 1 fully saturated rings. The molecule has 1 amide bonds. The summed E-state index contributed by atoms with van der Waals surface area (Å²) in [5, 5.41) is 14.1. The maximum Gasteiger partial charge on any atom is 0.274 e. The first kappa shape index (κ1) is 21.8. The fraction of sp³-hybridized carbons (Fsp3) is 0.381. The highest BCUT2D eigenvalue weighted by Crippen LogP contribution is 2.28. The largest absolute Gasteiger partial charge is 0.349 e. The Labute approximate surface area is 175 Å². The van der Waals surface area contributed by atoms with E-state index in [0.717, 1.165) is 25.7 Å². The summed E-state index contributed by atoms with van der Waals surface area (Å²) in [6.45, 7) is 3.23. The van der Waals surface area contributed by atoms with Crippen molar-refractivity contribution in [3.63, 3.8) is 0 Å². The molecule has 0 spiro atoms. The third-order valence-electron chi connectivity index (χ3n) is 5.45. The lowest BCUT2D eigenvalue weighted by atomic mass is 9.95. The number of rotatable bonds is 6. The van der Waals surface area contributed by atoms with Crippen LogP contribution < -0.4 is 10.0 Å². The first-order chi connectivity index (χ1) is 14.2. The Balaban J connectivity index is 1.86. The third kappa shape index (κ3) is 4.79. The molecule has 0 aromatic heterocycles. The summed E-state index contributed by atoms with van der Waals surface area (Å²) < 4.78 is 28.2. The fourth-order valence-electron chi connectivity index (χ4n) is 3.66. The summed E-state index contributed by atoms with van der Waals surface area (Å²) in [6.07, 6.45) is 5.17. The van der Waals surface area contributed by atoms with E-state index in [1.807, 2.05) is 0 Å². The summed E-state index contributed by atoms with van der Waals surface area (Å²) in [4.78, 5) is 23.2. The number of carbonyl (C=O) groups is 1. The SMILES string of the molecule is Cc1ccc(S(=O)(=O)Nc2cccc([N+](=O)[O-])c2C)cc1C(=O)NC1CCCCC1. The van der Waals surface area contributed by atoms with E-state index in [1.54, 1.807) is 13.0 Å². The number of benzene rings is 2. The minimum Gasteiger partial charge on any atom is -0.349 e. The second kappa shape index (κ2) is 8.83. The zero-order chi connectivity index (χ0) is 21.9. The fourth-order valence-corrected chi connectivity index (χ4v) is 4.81. The van der Waals surface area contributed by atoms with E-state index in [-0.39, 0.29) is 33.8 Å². The van der Waals surface area contributed by atoms with Crippen LogP contribution in [-0.4, -0.2) is 25.3 Å². The molecule has 0 saturated heterocycles. The van der Waals surface area contributed by atoms with Gasteiger partial charge in [-0.25, -0.2) is 8.42 Å². The number of hydrogen-bond acceptors (Lipinski definition) is 5. The van der Waals surface area contributed by atoms with Crippen molar-refractivity contribution >= 4 is 27.3 Å². The molecule has 8 nitrogen and oxygen atoms in total. The van der Waals surface area contributed by atoms with Crippen molar-refractivity contribution in [3.8, 4) is 0 Å². The Bertz CT molecular complexity index is 1080. The summed E-state index contributed by atoms with van der Waals surface area (Å²) in [7, 11) is -4.04. The van der Waals surface area contributed by atoms with Crippen molar-refractivity contribution in [1.82, 2.24) is 5.32 Å². The van der Waals surface area contributed by atoms with E-state index < -0.39 is 14.9 Å². The monoisotopic (exact) mass is 431 g/mol. The lowest BCUT2D eigenvalue weighted by Gasteiger charge is -2.23. The Morgan fingerprint density at radius 1 is 1.10 bits per heavy atom. The van der Waals surface area contributed by atoms with Gasteiger partial charge in [-0.05, 0) is 50.5 Å². The second-order valence-electron chi connectivity index (χ2n) is 7.60. The van der Waals surface area contributed by atoms with Crippen LogP contribution in [0.25, 0.3) is 0 Å². The first-order valence-corrected chi connectivity index (χ1v) is 11.4. The molecule has 2 N–H and O–H groups in total. The van der Waals surface area contributed by atoms with Gasteiger partial charge in [-0.15, -0.1) is 0 Å². The number of amides is 1. The van der Waals surface area contributed by atoms with Gasteiger partial charge in [-0.3, -0.25) is 19.6 Å². The van der Waals surface area contributed by atoms with Gasteiger partial charge in [0.1, 0.15) is 0 Å². The zero-order valence-electron chi connectivity index (χ0n) is 17.0. The molecular weight excluding hydrogens is 406 g/mol. The zero-order valence-corrected chi connectivity index (χ0v) is 17.8. The normalized spacial score (nSPS) is 14.9. The topological polar surface area (TPSA) is 118 Å². The van der Waals surface area contributed by atoms with Gasteiger partial charge in [-0.2, -0.15) is 0 Å². The van der Waals surface area contributed by atoms with Crippen LogP contribution >= 0.6 is 0 Å². The van der Waals surface area contributed by atoms with Crippen LogP contribution in [0.2, 0.25) is 0 Å². The predicted molar refractivity (Wildman–Crippen MR) is 114 cm³/mol. The van der Waals surface area contributed by atoms with Crippen molar-refractivity contribution < 1.29 is 18.1 Å². The molecule has 9 heteroatoms. The van der Waals surface area contributed by atoms with E-state index >= 15 is 0 Å². The van der Waals surface area contributed by atoms with Gasteiger partial charge < -0.3 is 5.32 Å². The molecule has 0 bridgehead atoms. The number of nitrogens with zero attached hydrogens (tertiary/aromatic N) is 1. The lowest BCUT2D eigenvalue weighted by Crippen LogP contribution is -2.36. The molecule has 3 rings (SSSR count). The van der Waals surface area contributed by atoms with E-state index in [1.165, 1.54) is 43.7 Å². The quantitative estimate of drug-likeness (QED) is 0.528. The van der Waals surface area contributed by atoms with Gasteiger partial charge >= 0.3 is 0 Å². The molecule has 1 aliphatic carbocycles. The van der Waals surface area contributed by atoms with Crippen LogP contribution in [0.5, 0.6) is 0 Å². The van der Waals surface area contributed by atoms with Crippen LogP contribution in [0.15, 0.2) is 41.3 Å². The smallest absolute Gasteiger partial charge is 0.274 e. The number of carbonyl (C=O) groups excluding carboxylic acids is 1. The molecule has 2 aromatic carbocycles. The van der Waals surface area contributed by atoms with Crippen molar-refractivity contribution in [2.45, 2.75) is 56.9 Å². The van der Waals surface area contributed by atoms with E-state index in [2.05, 4.69) is 10.0 Å². The average molecular weight is 432 g/mol. The molecule has 2 aromatic rings. The average Bonchev–Trinajstić information content (AvgIpc) is 2.70. The summed E-state index contributed by atoms with van der Waals surface area (Å²) in [5.41, 5.74) is 1.14. The van der Waals surface area contributed by atoms with Gasteiger partial charge in [0, 0.05) is 17.7 Å². The number of nitrogens with one attached hydrogen (secondary N) is 2. The molecule has 0 aliphatic heterocycles. The van der Waals surface area contributed by atoms with Gasteiger partial charge in [-0.1, -0.05) is 31.4 Å². The minimum absolute atomic E-state index is 0.0761. The van der Waals surface area contributed by atoms with Gasteiger partial charge in [0.05, 0.1) is 21.1 Å². The van der Waals surface area contributed by atoms with Crippen molar-refractivity contribution in [3.05, 3.63) is 63.2 Å². The minimum atomic E-state index is -4.04. The molecular formula is C21H25N3O5S. The lowest BCUT2D eigenvalue weighted by molar-refractivity contribution is -0.385. The van der Waals surface area contributed by atoms with Crippen LogP contribution in [-0.2, 0) is 10.0 Å². The molecule has 1 saturated carbocycles. The molecule has 0 unspecified atom stereocenters. The maximum absolute atomic E-state index is 12.9. The van der Waals surface area contributed by atoms with Crippen LogP contribution in [0.3, 0.4) is 0 Å². The van der Waals surface area contributed by atoms with Crippen LogP contribution in [0.1, 0.15) is 53.6 Å². The van der Waals surface area contributed by atoms with Gasteiger partial charge in [0.25, 0.3) is 21.6 Å². The molecule has 1 aliphatic rings. The number of anilines is 1. The first-order valence-electron chi connectivity index (χ1n) is 9.87. The highest BCUT2D eigenvalue weighted by molar-refractivity contribution is 7.92. The van der Waals surface area contributed by atoms with Crippen molar-refractivity contribution in [2.75, 3.05) is 4.72 Å². The molecule has 30 heavy (non-hydrogen) atoms. The predicted octanol–water partition coefficient (Wildman–Crippen LogP) is 4.07. The summed E-state index contributed by atoms with van der Waals surface area (Å²) >= 11 is 0. The summed E-state index contributed by atoms with van der Waals surface area (Å²) in [6, 6.07) is 8.66.